The number of hydrogen-bond acceptors (Lipinski definition) is 8. The van der Waals surface area contributed by atoms with E-state index < -0.39 is 11.8 Å². The van der Waals surface area contributed by atoms with Gasteiger partial charge in [-0.1, -0.05) is 30.5 Å². The topological polar surface area (TPSA) is 119 Å². The number of thiophene rings is 1. The SMILES string of the molecule is O=C(O)c1scc(-c2cnc(C(CC3CC3)c3ccc(-c4cc(Cl)ccc4N4C=NNN4)cn3)[nH]2)c1F. The van der Waals surface area contributed by atoms with Crippen LogP contribution in [0.5, 0.6) is 0 Å². The minimum atomic E-state index is -1.28. The van der Waals surface area contributed by atoms with Gasteiger partial charge < -0.3 is 10.1 Å². The molecule has 6 rings (SSSR count). The van der Waals surface area contributed by atoms with Crippen molar-refractivity contribution in [2.24, 2.45) is 11.0 Å². The van der Waals surface area contributed by atoms with Crippen LogP contribution in [-0.4, -0.2) is 32.4 Å². The summed E-state index contributed by atoms with van der Waals surface area (Å²) in [6, 6.07) is 9.57. The van der Waals surface area contributed by atoms with Crippen molar-refractivity contribution in [1.29, 1.82) is 0 Å². The van der Waals surface area contributed by atoms with Gasteiger partial charge in [0.1, 0.15) is 17.0 Å². The maximum atomic E-state index is 14.6. The number of aromatic nitrogens is 3. The summed E-state index contributed by atoms with van der Waals surface area (Å²) in [6.07, 6.45) is 8.18. The molecule has 1 aliphatic heterocycles. The van der Waals surface area contributed by atoms with Crippen molar-refractivity contribution < 1.29 is 14.3 Å². The fraction of sp³-hybridized carbons (Fsp3) is 0.200. The van der Waals surface area contributed by atoms with Crippen LogP contribution in [0.4, 0.5) is 10.1 Å². The number of imidazole rings is 1. The lowest BCUT2D eigenvalue weighted by Crippen LogP contribution is -2.37. The Kier molecular flexibility index (Phi) is 6.11. The van der Waals surface area contributed by atoms with Crippen LogP contribution >= 0.6 is 22.9 Å². The van der Waals surface area contributed by atoms with Gasteiger partial charge in [0.15, 0.2) is 5.82 Å². The van der Waals surface area contributed by atoms with E-state index in [4.69, 9.17) is 16.6 Å². The number of rotatable bonds is 8. The largest absolute Gasteiger partial charge is 0.477 e. The van der Waals surface area contributed by atoms with Gasteiger partial charge in [0.05, 0.1) is 29.2 Å². The zero-order valence-electron chi connectivity index (χ0n) is 19.3. The molecular weight excluding hydrogens is 517 g/mol. The number of halogens is 2. The van der Waals surface area contributed by atoms with E-state index in [0.717, 1.165) is 53.1 Å². The van der Waals surface area contributed by atoms with Crippen LogP contribution in [0.15, 0.2) is 53.2 Å². The molecule has 4 aromatic rings. The quantitative estimate of drug-likeness (QED) is 0.238. The summed E-state index contributed by atoms with van der Waals surface area (Å²) in [5.74, 6) is -0.873. The lowest BCUT2D eigenvalue weighted by molar-refractivity contribution is 0.0698. The van der Waals surface area contributed by atoms with Crippen LogP contribution in [0.25, 0.3) is 22.4 Å². The highest BCUT2D eigenvalue weighted by Crippen LogP contribution is 2.41. The number of aromatic carboxylic acids is 1. The molecule has 1 fully saturated rings. The third-order valence-corrected chi connectivity index (χ3v) is 7.67. The Bertz CT molecular complexity index is 1500. The van der Waals surface area contributed by atoms with E-state index in [1.54, 1.807) is 17.5 Å². The third kappa shape index (κ3) is 4.68. The molecule has 188 valence electrons. The number of nitrogens with one attached hydrogen (secondary N) is 3. The van der Waals surface area contributed by atoms with E-state index in [-0.39, 0.29) is 16.4 Å². The summed E-state index contributed by atoms with van der Waals surface area (Å²) in [5, 5.41) is 17.0. The van der Waals surface area contributed by atoms with Gasteiger partial charge in [-0.2, -0.15) is 5.10 Å². The first-order valence-corrected chi connectivity index (χ1v) is 12.9. The van der Waals surface area contributed by atoms with Gasteiger partial charge in [-0.05, 0) is 36.6 Å². The number of aromatic amines is 1. The fourth-order valence-electron chi connectivity index (χ4n) is 4.42. The van der Waals surface area contributed by atoms with Crippen molar-refractivity contribution in [2.75, 3.05) is 5.01 Å². The van der Waals surface area contributed by atoms with Crippen molar-refractivity contribution in [3.8, 4) is 22.4 Å². The first-order valence-electron chi connectivity index (χ1n) is 11.6. The van der Waals surface area contributed by atoms with Crippen molar-refractivity contribution in [1.82, 2.24) is 26.0 Å². The molecule has 0 radical (unpaired) electrons. The van der Waals surface area contributed by atoms with Crippen LogP contribution < -0.4 is 16.1 Å². The van der Waals surface area contributed by atoms with Gasteiger partial charge >= 0.3 is 5.97 Å². The minimum absolute atomic E-state index is 0.105. The van der Waals surface area contributed by atoms with Crippen LogP contribution in [0.3, 0.4) is 0 Å². The smallest absolute Gasteiger partial charge is 0.348 e. The van der Waals surface area contributed by atoms with Gasteiger partial charge in [-0.15, -0.1) is 16.9 Å². The molecular formula is C25H21ClFN7O2S. The number of carboxylic acid groups (broad SMARTS) is 1. The molecule has 0 spiro atoms. The number of nitrogens with zero attached hydrogens (tertiary/aromatic N) is 4. The van der Waals surface area contributed by atoms with E-state index in [0.29, 0.717) is 22.5 Å². The molecule has 12 heteroatoms. The Morgan fingerprint density at radius 2 is 2.08 bits per heavy atom. The van der Waals surface area contributed by atoms with Gasteiger partial charge in [-0.3, -0.25) is 4.98 Å². The summed E-state index contributed by atoms with van der Waals surface area (Å²) >= 11 is 7.16. The zero-order chi connectivity index (χ0) is 25.5. The van der Waals surface area contributed by atoms with Crippen molar-refractivity contribution in [3.05, 3.63) is 75.3 Å². The monoisotopic (exact) mass is 537 g/mol. The third-order valence-electron chi connectivity index (χ3n) is 6.49. The molecule has 9 nitrogen and oxygen atoms in total. The second kappa shape index (κ2) is 9.58. The van der Waals surface area contributed by atoms with Gasteiger partial charge in [-0.25, -0.2) is 24.7 Å². The number of anilines is 1. The molecule has 2 aliphatic rings. The number of pyridine rings is 1. The molecule has 1 unspecified atom stereocenters. The highest BCUT2D eigenvalue weighted by molar-refractivity contribution is 7.12. The Hall–Kier alpha value is -3.80. The maximum absolute atomic E-state index is 14.6. The maximum Gasteiger partial charge on any atom is 0.348 e. The number of hydrogen-bond donors (Lipinski definition) is 4. The Labute approximate surface area is 220 Å². The first kappa shape index (κ1) is 23.6. The molecule has 37 heavy (non-hydrogen) atoms. The zero-order valence-corrected chi connectivity index (χ0v) is 20.9. The second-order valence-electron chi connectivity index (χ2n) is 8.98. The highest BCUT2D eigenvalue weighted by atomic mass is 35.5. The average molecular weight is 538 g/mol. The summed E-state index contributed by atoms with van der Waals surface area (Å²) in [6.45, 7) is 0. The first-order chi connectivity index (χ1) is 18.0. The normalized spacial score (nSPS) is 15.7. The number of benzene rings is 1. The standard InChI is InChI=1S/C25H21ClFN7O2S/c26-15-4-6-21(34-12-30-32-33-34)16(8-15)14-3-5-19(28-9-14)17(7-13-1-2-13)24-29-10-20(31-24)18-11-37-23(22(18)27)25(35)36/h3-6,8-13,17,32-33H,1-2,7H2,(H,29,31)(H,35,36). The van der Waals surface area contributed by atoms with Crippen LogP contribution in [-0.2, 0) is 0 Å². The molecule has 1 aromatic carbocycles. The molecule has 3 aromatic heterocycles. The van der Waals surface area contributed by atoms with E-state index in [2.05, 4.69) is 26.1 Å². The number of carboxylic acids is 1. The molecule has 0 bridgehead atoms. The predicted octanol–water partition coefficient (Wildman–Crippen LogP) is 5.40. The van der Waals surface area contributed by atoms with Crippen molar-refractivity contribution in [2.45, 2.75) is 25.2 Å². The summed E-state index contributed by atoms with van der Waals surface area (Å²) in [4.78, 5) is 23.5. The molecule has 0 amide bonds. The molecule has 4 N–H and O–H groups in total. The minimum Gasteiger partial charge on any atom is -0.477 e. The van der Waals surface area contributed by atoms with Crippen molar-refractivity contribution >= 4 is 40.9 Å². The van der Waals surface area contributed by atoms with Crippen LogP contribution in [0, 0.1) is 11.7 Å². The van der Waals surface area contributed by atoms with E-state index >= 15 is 0 Å². The number of hydrazine groups is 2. The Morgan fingerprint density at radius 1 is 1.22 bits per heavy atom. The summed E-state index contributed by atoms with van der Waals surface area (Å²) in [5.41, 5.74) is 9.75. The van der Waals surface area contributed by atoms with Crippen molar-refractivity contribution in [3.63, 3.8) is 0 Å². The highest BCUT2D eigenvalue weighted by Gasteiger charge is 2.30. The van der Waals surface area contributed by atoms with E-state index in [9.17, 15) is 14.3 Å². The van der Waals surface area contributed by atoms with Crippen LogP contribution in [0.2, 0.25) is 5.02 Å². The summed E-state index contributed by atoms with van der Waals surface area (Å²) < 4.78 is 14.6. The Balaban J connectivity index is 1.32. The second-order valence-corrected chi connectivity index (χ2v) is 10.3. The van der Waals surface area contributed by atoms with Gasteiger partial charge in [0.25, 0.3) is 0 Å². The van der Waals surface area contributed by atoms with Gasteiger partial charge in [0.2, 0.25) is 0 Å². The molecule has 1 saturated carbocycles. The molecule has 1 aliphatic carbocycles. The average Bonchev–Trinajstić information content (AvgIpc) is 3.27. The summed E-state index contributed by atoms with van der Waals surface area (Å²) in [7, 11) is 0. The van der Waals surface area contributed by atoms with E-state index in [1.807, 2.05) is 36.5 Å². The lowest BCUT2D eigenvalue weighted by Gasteiger charge is -2.19. The molecule has 1 atom stereocenters. The predicted molar refractivity (Wildman–Crippen MR) is 140 cm³/mol. The van der Waals surface area contributed by atoms with Gasteiger partial charge in [0, 0.05) is 33.3 Å². The fourth-order valence-corrected chi connectivity index (χ4v) is 5.37. The number of H-pyrrole nitrogens is 1. The molecule has 4 heterocycles. The number of hydrazone groups is 1. The molecule has 0 saturated heterocycles. The lowest BCUT2D eigenvalue weighted by atomic mass is 9.95. The number of carbonyl (C=O) groups is 1. The van der Waals surface area contributed by atoms with E-state index in [1.165, 1.54) is 5.38 Å². The Morgan fingerprint density at radius 3 is 2.76 bits per heavy atom. The van der Waals surface area contributed by atoms with Crippen LogP contribution in [0.1, 0.15) is 46.4 Å².